The molecule has 32 heavy (non-hydrogen) atoms. The number of aromatic nitrogens is 4. The van der Waals surface area contributed by atoms with E-state index in [2.05, 4.69) is 15.1 Å². The second-order valence-electron chi connectivity index (χ2n) is 7.12. The van der Waals surface area contributed by atoms with Crippen LogP contribution in [-0.4, -0.2) is 19.7 Å². The average Bonchev–Trinajstić information content (AvgIpc) is 3.35. The third kappa shape index (κ3) is 3.69. The molecule has 0 spiro atoms. The van der Waals surface area contributed by atoms with Gasteiger partial charge in [-0.25, -0.2) is 13.8 Å². The van der Waals surface area contributed by atoms with Crippen LogP contribution in [0.2, 0.25) is 5.02 Å². The van der Waals surface area contributed by atoms with E-state index in [9.17, 15) is 13.6 Å². The van der Waals surface area contributed by atoms with E-state index in [1.165, 1.54) is 34.4 Å². The molecule has 0 saturated carbocycles. The van der Waals surface area contributed by atoms with Gasteiger partial charge in [-0.15, -0.1) is 11.3 Å². The fourth-order valence-electron chi connectivity index (χ4n) is 3.41. The van der Waals surface area contributed by atoms with Crippen molar-refractivity contribution in [2.24, 2.45) is 0 Å². The van der Waals surface area contributed by atoms with Crippen LogP contribution in [0.1, 0.15) is 11.1 Å². The lowest BCUT2D eigenvalue weighted by molar-refractivity contribution is 0.433. The molecule has 0 aliphatic carbocycles. The van der Waals surface area contributed by atoms with E-state index in [1.54, 1.807) is 31.2 Å². The first-order valence-electron chi connectivity index (χ1n) is 9.42. The molecular formula is C22H13ClF2N4O2S. The summed E-state index contributed by atoms with van der Waals surface area (Å²) < 4.78 is 33.8. The van der Waals surface area contributed by atoms with Gasteiger partial charge in [-0.05, 0) is 54.4 Å². The highest BCUT2D eigenvalue weighted by molar-refractivity contribution is 7.22. The van der Waals surface area contributed by atoms with Crippen LogP contribution in [0.25, 0.3) is 32.4 Å². The van der Waals surface area contributed by atoms with Crippen LogP contribution in [0.15, 0.2) is 58.1 Å². The van der Waals surface area contributed by atoms with Gasteiger partial charge in [-0.3, -0.25) is 9.36 Å². The molecule has 5 aromatic rings. The molecule has 0 N–H and O–H groups in total. The molecule has 2 aromatic carbocycles. The summed E-state index contributed by atoms with van der Waals surface area (Å²) >= 11 is 7.18. The molecule has 160 valence electrons. The van der Waals surface area contributed by atoms with Crippen molar-refractivity contribution in [3.63, 3.8) is 0 Å². The molecule has 0 bridgehead atoms. The highest BCUT2D eigenvalue weighted by Crippen LogP contribution is 2.35. The maximum atomic E-state index is 13.5. The van der Waals surface area contributed by atoms with Gasteiger partial charge in [0.15, 0.2) is 0 Å². The van der Waals surface area contributed by atoms with Crippen LogP contribution in [0.5, 0.6) is 0 Å². The Morgan fingerprint density at radius 1 is 1.12 bits per heavy atom. The zero-order valence-electron chi connectivity index (χ0n) is 16.5. The van der Waals surface area contributed by atoms with E-state index >= 15 is 0 Å². The Morgan fingerprint density at radius 2 is 1.84 bits per heavy atom. The number of rotatable bonds is 4. The van der Waals surface area contributed by atoms with Crippen molar-refractivity contribution in [2.45, 2.75) is 13.5 Å². The maximum absolute atomic E-state index is 13.5. The second kappa shape index (κ2) is 7.92. The quantitative estimate of drug-likeness (QED) is 0.348. The van der Waals surface area contributed by atoms with E-state index in [1.807, 2.05) is 0 Å². The van der Waals surface area contributed by atoms with Gasteiger partial charge in [0.1, 0.15) is 16.5 Å². The van der Waals surface area contributed by atoms with Gasteiger partial charge >= 0.3 is 0 Å². The predicted octanol–water partition coefficient (Wildman–Crippen LogP) is 5.46. The molecule has 0 aliphatic heterocycles. The summed E-state index contributed by atoms with van der Waals surface area (Å²) in [4.78, 5) is 23.0. The topological polar surface area (TPSA) is 73.8 Å². The molecule has 0 unspecified atom stereocenters. The lowest BCUT2D eigenvalue weighted by Gasteiger charge is -2.06. The van der Waals surface area contributed by atoms with Crippen molar-refractivity contribution in [3.8, 4) is 22.2 Å². The Hall–Kier alpha value is -3.43. The average molecular weight is 471 g/mol. The van der Waals surface area contributed by atoms with Crippen molar-refractivity contribution in [1.82, 2.24) is 19.7 Å². The van der Waals surface area contributed by atoms with Gasteiger partial charge in [0, 0.05) is 16.7 Å². The van der Waals surface area contributed by atoms with E-state index in [-0.39, 0.29) is 18.0 Å². The Bertz CT molecular complexity index is 1510. The number of fused-ring (bicyclic) bond motifs is 1. The molecule has 5 rings (SSSR count). The maximum Gasteiger partial charge on any atom is 0.268 e. The normalized spacial score (nSPS) is 11.4. The second-order valence-corrected chi connectivity index (χ2v) is 8.56. The van der Waals surface area contributed by atoms with E-state index in [0.717, 1.165) is 11.6 Å². The molecule has 3 aromatic heterocycles. The van der Waals surface area contributed by atoms with E-state index in [0.29, 0.717) is 37.1 Å². The number of aryl methyl sites for hydroxylation is 1. The van der Waals surface area contributed by atoms with Crippen LogP contribution in [0.4, 0.5) is 8.78 Å². The Morgan fingerprint density at radius 3 is 2.56 bits per heavy atom. The number of hydrogen-bond donors (Lipinski definition) is 0. The van der Waals surface area contributed by atoms with E-state index < -0.39 is 11.6 Å². The Balaban J connectivity index is 1.54. The number of benzene rings is 2. The zero-order valence-corrected chi connectivity index (χ0v) is 18.0. The number of halogens is 3. The predicted molar refractivity (Wildman–Crippen MR) is 118 cm³/mol. The van der Waals surface area contributed by atoms with Crippen LogP contribution in [0, 0.1) is 18.6 Å². The van der Waals surface area contributed by atoms with Crippen molar-refractivity contribution < 1.29 is 13.3 Å². The van der Waals surface area contributed by atoms with Gasteiger partial charge < -0.3 is 4.52 Å². The first-order chi connectivity index (χ1) is 15.4. The van der Waals surface area contributed by atoms with Crippen LogP contribution in [0.3, 0.4) is 0 Å². The summed E-state index contributed by atoms with van der Waals surface area (Å²) in [6.07, 6.45) is 1.36. The molecule has 3 heterocycles. The van der Waals surface area contributed by atoms with Gasteiger partial charge in [-0.1, -0.05) is 16.8 Å². The lowest BCUT2D eigenvalue weighted by atomic mass is 10.2. The summed E-state index contributed by atoms with van der Waals surface area (Å²) in [5.74, 6) is -0.742. The lowest BCUT2D eigenvalue weighted by Crippen LogP contribution is -2.21. The molecule has 0 fully saturated rings. The van der Waals surface area contributed by atoms with Crippen molar-refractivity contribution in [3.05, 3.63) is 86.9 Å². The molecule has 0 atom stereocenters. The fourth-order valence-corrected chi connectivity index (χ4v) is 4.59. The van der Waals surface area contributed by atoms with Gasteiger partial charge in [0.05, 0.1) is 23.1 Å². The molecule has 10 heteroatoms. The third-order valence-electron chi connectivity index (χ3n) is 4.92. The minimum atomic E-state index is -0.705. The van der Waals surface area contributed by atoms with Crippen LogP contribution >= 0.6 is 22.9 Å². The van der Waals surface area contributed by atoms with Gasteiger partial charge in [0.2, 0.25) is 5.82 Å². The molecule has 0 saturated heterocycles. The summed E-state index contributed by atoms with van der Waals surface area (Å²) in [5.41, 5.74) is 1.39. The van der Waals surface area contributed by atoms with E-state index in [4.69, 9.17) is 16.1 Å². The molecular weight excluding hydrogens is 458 g/mol. The molecule has 6 nitrogen and oxygen atoms in total. The molecule has 0 amide bonds. The standard InChI is InChI=1S/C22H13ClF2N4O2S/c1-11-17-21(26-10-29(22(17)30)9-12-6-15(24)8-16(25)7-12)32-18(11)20-27-19(28-31-20)13-2-4-14(23)5-3-13/h2-8,10H,9H2,1H3. The Kier molecular flexibility index (Phi) is 5.07. The van der Waals surface area contributed by atoms with Crippen LogP contribution in [-0.2, 0) is 6.54 Å². The smallest absolute Gasteiger partial charge is 0.268 e. The minimum Gasteiger partial charge on any atom is -0.333 e. The summed E-state index contributed by atoms with van der Waals surface area (Å²) in [5, 5.41) is 5.02. The summed E-state index contributed by atoms with van der Waals surface area (Å²) in [7, 11) is 0. The fraction of sp³-hybridized carbons (Fsp3) is 0.0909. The largest absolute Gasteiger partial charge is 0.333 e. The number of nitrogens with zero attached hydrogens (tertiary/aromatic N) is 4. The minimum absolute atomic E-state index is 0.0116. The van der Waals surface area contributed by atoms with Gasteiger partial charge in [-0.2, -0.15) is 4.98 Å². The van der Waals surface area contributed by atoms with Gasteiger partial charge in [0.25, 0.3) is 11.4 Å². The van der Waals surface area contributed by atoms with Crippen molar-refractivity contribution >= 4 is 33.2 Å². The van der Waals surface area contributed by atoms with Crippen LogP contribution < -0.4 is 5.56 Å². The SMILES string of the molecule is Cc1c(-c2nc(-c3ccc(Cl)cc3)no2)sc2ncn(Cc3cc(F)cc(F)c3)c(=O)c12. The first-order valence-corrected chi connectivity index (χ1v) is 10.6. The zero-order chi connectivity index (χ0) is 22.4. The third-order valence-corrected chi connectivity index (χ3v) is 6.36. The van der Waals surface area contributed by atoms with Crippen molar-refractivity contribution in [2.75, 3.05) is 0 Å². The summed E-state index contributed by atoms with van der Waals surface area (Å²) in [6, 6.07) is 10.2. The highest BCUT2D eigenvalue weighted by atomic mass is 35.5. The monoisotopic (exact) mass is 470 g/mol. The number of hydrogen-bond acceptors (Lipinski definition) is 6. The highest BCUT2D eigenvalue weighted by Gasteiger charge is 2.20. The summed E-state index contributed by atoms with van der Waals surface area (Å²) in [6.45, 7) is 1.76. The number of thiophene rings is 1. The van der Waals surface area contributed by atoms with Crippen molar-refractivity contribution in [1.29, 1.82) is 0 Å². The molecule has 0 aliphatic rings. The first kappa shape index (κ1) is 20.5. The Labute approximate surface area is 188 Å². The molecule has 0 radical (unpaired) electrons.